The third-order valence-corrected chi connectivity index (χ3v) is 4.47. The average Bonchev–Trinajstić information content (AvgIpc) is 2.79. The zero-order valence-electron chi connectivity index (χ0n) is 11.2. The standard InChI is InChI=1S/C13H17BrN4S/c1-8-12(15-3)17-9(2)18-13(8)16-7-6-10-4-5-11(14)19-10/h4-5H,6-7H2,1-3H3,(H2,15,16,17,18). The number of rotatable bonds is 5. The van der Waals surface area contributed by atoms with E-state index in [9.17, 15) is 0 Å². The quantitative estimate of drug-likeness (QED) is 0.872. The van der Waals surface area contributed by atoms with Crippen LogP contribution < -0.4 is 10.6 Å². The third kappa shape index (κ3) is 3.67. The molecule has 0 spiro atoms. The molecule has 2 aromatic heterocycles. The fourth-order valence-electron chi connectivity index (χ4n) is 1.83. The lowest BCUT2D eigenvalue weighted by molar-refractivity contribution is 0.981. The molecule has 0 saturated carbocycles. The number of aromatic nitrogens is 2. The Morgan fingerprint density at radius 3 is 2.58 bits per heavy atom. The maximum Gasteiger partial charge on any atom is 0.134 e. The van der Waals surface area contributed by atoms with E-state index < -0.39 is 0 Å². The lowest BCUT2D eigenvalue weighted by atomic mass is 10.3. The zero-order valence-corrected chi connectivity index (χ0v) is 13.7. The second-order valence-corrected chi connectivity index (χ2v) is 6.77. The molecule has 2 heterocycles. The predicted octanol–water partition coefficient (Wildman–Crippen LogP) is 3.61. The minimum Gasteiger partial charge on any atom is -0.373 e. The monoisotopic (exact) mass is 340 g/mol. The van der Waals surface area contributed by atoms with Crippen molar-refractivity contribution < 1.29 is 0 Å². The Morgan fingerprint density at radius 2 is 1.95 bits per heavy atom. The number of nitrogens with zero attached hydrogens (tertiary/aromatic N) is 2. The number of thiophene rings is 1. The highest BCUT2D eigenvalue weighted by molar-refractivity contribution is 9.11. The molecule has 2 N–H and O–H groups in total. The lowest BCUT2D eigenvalue weighted by Gasteiger charge is -2.12. The number of nitrogens with one attached hydrogen (secondary N) is 2. The molecule has 2 rings (SSSR count). The number of anilines is 2. The molecular weight excluding hydrogens is 324 g/mol. The van der Waals surface area contributed by atoms with Gasteiger partial charge in [-0.15, -0.1) is 11.3 Å². The van der Waals surface area contributed by atoms with Crippen molar-refractivity contribution in [3.8, 4) is 0 Å². The molecule has 0 fully saturated rings. The lowest BCUT2D eigenvalue weighted by Crippen LogP contribution is -2.10. The molecule has 0 unspecified atom stereocenters. The summed E-state index contributed by atoms with van der Waals surface area (Å²) in [5.41, 5.74) is 1.06. The summed E-state index contributed by atoms with van der Waals surface area (Å²) in [6, 6.07) is 4.23. The Labute approximate surface area is 125 Å². The minimum absolute atomic E-state index is 0.774. The Bertz CT molecular complexity index is 568. The van der Waals surface area contributed by atoms with Crippen LogP contribution in [0.25, 0.3) is 0 Å². The first-order valence-corrected chi connectivity index (χ1v) is 7.72. The second-order valence-electron chi connectivity index (χ2n) is 4.23. The Hall–Kier alpha value is -1.14. The smallest absolute Gasteiger partial charge is 0.134 e. The van der Waals surface area contributed by atoms with E-state index in [1.54, 1.807) is 11.3 Å². The molecular formula is C13H17BrN4S. The maximum absolute atomic E-state index is 4.45. The van der Waals surface area contributed by atoms with Crippen molar-refractivity contribution in [1.29, 1.82) is 0 Å². The Kier molecular flexibility index (Phi) is 4.76. The van der Waals surface area contributed by atoms with Crippen LogP contribution in [0.4, 0.5) is 11.6 Å². The summed E-state index contributed by atoms with van der Waals surface area (Å²) in [6.07, 6.45) is 0.994. The van der Waals surface area contributed by atoms with Gasteiger partial charge in [0, 0.05) is 24.0 Å². The largest absolute Gasteiger partial charge is 0.373 e. The summed E-state index contributed by atoms with van der Waals surface area (Å²) in [6.45, 7) is 4.80. The van der Waals surface area contributed by atoms with Gasteiger partial charge in [-0.3, -0.25) is 0 Å². The van der Waals surface area contributed by atoms with Crippen LogP contribution in [0.15, 0.2) is 15.9 Å². The molecule has 0 aliphatic carbocycles. The number of aryl methyl sites for hydroxylation is 1. The van der Waals surface area contributed by atoms with Crippen LogP contribution in [0.2, 0.25) is 0 Å². The molecule has 102 valence electrons. The van der Waals surface area contributed by atoms with Gasteiger partial charge < -0.3 is 10.6 Å². The van der Waals surface area contributed by atoms with E-state index in [-0.39, 0.29) is 0 Å². The van der Waals surface area contributed by atoms with E-state index in [1.807, 2.05) is 20.9 Å². The molecule has 0 aliphatic heterocycles. The average molecular weight is 341 g/mol. The van der Waals surface area contributed by atoms with Gasteiger partial charge in [0.2, 0.25) is 0 Å². The number of halogens is 1. The van der Waals surface area contributed by atoms with Crippen LogP contribution in [0.3, 0.4) is 0 Å². The fourth-order valence-corrected chi connectivity index (χ4v) is 3.32. The van der Waals surface area contributed by atoms with Gasteiger partial charge in [-0.05, 0) is 48.3 Å². The van der Waals surface area contributed by atoms with Crippen molar-refractivity contribution in [1.82, 2.24) is 9.97 Å². The van der Waals surface area contributed by atoms with E-state index in [0.29, 0.717) is 0 Å². The van der Waals surface area contributed by atoms with Gasteiger partial charge >= 0.3 is 0 Å². The van der Waals surface area contributed by atoms with E-state index in [1.165, 1.54) is 8.66 Å². The Morgan fingerprint density at radius 1 is 1.21 bits per heavy atom. The van der Waals surface area contributed by atoms with Crippen LogP contribution in [-0.2, 0) is 6.42 Å². The van der Waals surface area contributed by atoms with E-state index in [4.69, 9.17) is 0 Å². The van der Waals surface area contributed by atoms with Crippen LogP contribution in [-0.4, -0.2) is 23.6 Å². The van der Waals surface area contributed by atoms with Crippen molar-refractivity contribution in [2.24, 2.45) is 0 Å². The van der Waals surface area contributed by atoms with Gasteiger partial charge in [-0.1, -0.05) is 0 Å². The zero-order chi connectivity index (χ0) is 13.8. The highest BCUT2D eigenvalue weighted by Gasteiger charge is 2.07. The summed E-state index contributed by atoms with van der Waals surface area (Å²) in [5.74, 6) is 2.57. The van der Waals surface area contributed by atoms with Crippen LogP contribution >= 0.6 is 27.3 Å². The molecule has 0 bridgehead atoms. The van der Waals surface area contributed by atoms with Crippen LogP contribution in [0, 0.1) is 13.8 Å². The molecule has 6 heteroatoms. The van der Waals surface area contributed by atoms with Gasteiger partial charge in [0.1, 0.15) is 17.5 Å². The fraction of sp³-hybridized carbons (Fsp3) is 0.385. The summed E-state index contributed by atoms with van der Waals surface area (Å²) in [7, 11) is 1.88. The predicted molar refractivity (Wildman–Crippen MR) is 85.3 cm³/mol. The van der Waals surface area contributed by atoms with Crippen LogP contribution in [0.1, 0.15) is 16.3 Å². The Balaban J connectivity index is 2.01. The third-order valence-electron chi connectivity index (χ3n) is 2.79. The molecule has 0 radical (unpaired) electrons. The number of hydrogen-bond acceptors (Lipinski definition) is 5. The molecule has 0 aromatic carbocycles. The maximum atomic E-state index is 4.45. The van der Waals surface area contributed by atoms with Gasteiger partial charge in [0.25, 0.3) is 0 Å². The SMILES string of the molecule is CNc1nc(C)nc(NCCc2ccc(Br)s2)c1C. The molecule has 0 amide bonds. The van der Waals surface area contributed by atoms with Gasteiger partial charge in [0.15, 0.2) is 0 Å². The van der Waals surface area contributed by atoms with Crippen molar-refractivity contribution in [2.45, 2.75) is 20.3 Å². The van der Waals surface area contributed by atoms with Crippen LogP contribution in [0.5, 0.6) is 0 Å². The van der Waals surface area contributed by atoms with Crippen molar-refractivity contribution >= 4 is 38.9 Å². The van der Waals surface area contributed by atoms with Crippen molar-refractivity contribution in [3.63, 3.8) is 0 Å². The van der Waals surface area contributed by atoms with E-state index in [0.717, 1.165) is 36.0 Å². The molecule has 19 heavy (non-hydrogen) atoms. The first-order valence-electron chi connectivity index (χ1n) is 6.11. The van der Waals surface area contributed by atoms with Crippen molar-refractivity contribution in [3.05, 3.63) is 32.2 Å². The van der Waals surface area contributed by atoms with Gasteiger partial charge in [-0.2, -0.15) is 0 Å². The van der Waals surface area contributed by atoms with Crippen molar-refractivity contribution in [2.75, 3.05) is 24.2 Å². The highest BCUT2D eigenvalue weighted by atomic mass is 79.9. The number of hydrogen-bond donors (Lipinski definition) is 2. The summed E-state index contributed by atoms with van der Waals surface area (Å²) in [5, 5.41) is 6.48. The van der Waals surface area contributed by atoms with Gasteiger partial charge in [0.05, 0.1) is 3.79 Å². The van der Waals surface area contributed by atoms with E-state index >= 15 is 0 Å². The second kappa shape index (κ2) is 6.34. The highest BCUT2D eigenvalue weighted by Crippen LogP contribution is 2.23. The normalized spacial score (nSPS) is 10.5. The topological polar surface area (TPSA) is 49.8 Å². The first-order chi connectivity index (χ1) is 9.10. The summed E-state index contributed by atoms with van der Waals surface area (Å²) >= 11 is 5.25. The molecule has 2 aromatic rings. The molecule has 4 nitrogen and oxygen atoms in total. The minimum atomic E-state index is 0.774. The summed E-state index contributed by atoms with van der Waals surface area (Å²) < 4.78 is 1.18. The molecule has 0 atom stereocenters. The summed E-state index contributed by atoms with van der Waals surface area (Å²) in [4.78, 5) is 10.2. The van der Waals surface area contributed by atoms with Gasteiger partial charge in [-0.25, -0.2) is 9.97 Å². The first kappa shape index (κ1) is 14.3. The molecule has 0 saturated heterocycles. The molecule has 0 aliphatic rings. The van der Waals surface area contributed by atoms with E-state index in [2.05, 4.69) is 48.7 Å².